The van der Waals surface area contributed by atoms with Crippen molar-refractivity contribution in [3.05, 3.63) is 94.6 Å². The third kappa shape index (κ3) is 4.79. The topological polar surface area (TPSA) is 96.0 Å². The van der Waals surface area contributed by atoms with Gasteiger partial charge in [0.25, 0.3) is 0 Å². The molecule has 4 aromatic rings. The van der Waals surface area contributed by atoms with Gasteiger partial charge in [0.2, 0.25) is 0 Å². The summed E-state index contributed by atoms with van der Waals surface area (Å²) in [6, 6.07) is 24.9. The van der Waals surface area contributed by atoms with Gasteiger partial charge < -0.3 is 15.0 Å². The Hall–Kier alpha value is -2.94. The number of anilines is 2. The molecule has 6 nitrogen and oxygen atoms in total. The second kappa shape index (κ2) is 8.83. The Labute approximate surface area is 185 Å². The number of nitrogens with zero attached hydrogens (tertiary/aromatic N) is 2. The van der Waals surface area contributed by atoms with Crippen molar-refractivity contribution < 1.29 is 8.76 Å². The van der Waals surface area contributed by atoms with E-state index in [0.717, 1.165) is 38.4 Å². The summed E-state index contributed by atoms with van der Waals surface area (Å²) in [5.41, 5.74) is 11.8. The van der Waals surface area contributed by atoms with Crippen LogP contribution in [0.1, 0.15) is 11.3 Å². The van der Waals surface area contributed by atoms with Crippen molar-refractivity contribution >= 4 is 38.6 Å². The second-order valence-corrected chi connectivity index (χ2v) is 8.33. The first-order valence-electron chi connectivity index (χ1n) is 9.13. The maximum absolute atomic E-state index is 10.8. The van der Waals surface area contributed by atoms with Crippen molar-refractivity contribution in [1.82, 2.24) is 9.78 Å². The Bertz CT molecular complexity index is 1170. The van der Waals surface area contributed by atoms with E-state index in [2.05, 4.69) is 26.7 Å². The number of aromatic nitrogens is 2. The van der Waals surface area contributed by atoms with E-state index >= 15 is 0 Å². The summed E-state index contributed by atoms with van der Waals surface area (Å²) in [4.78, 5) is 0. The quantitative estimate of drug-likeness (QED) is 0.308. The number of rotatable bonds is 6. The normalized spacial score (nSPS) is 11.9. The number of hydrogen-bond donors (Lipinski definition) is 2. The van der Waals surface area contributed by atoms with Crippen LogP contribution in [0.15, 0.2) is 83.3 Å². The molecule has 0 spiro atoms. The van der Waals surface area contributed by atoms with Crippen molar-refractivity contribution in [3.63, 3.8) is 0 Å². The summed E-state index contributed by atoms with van der Waals surface area (Å²) in [5.74, 6) is 0. The molecule has 1 unspecified atom stereocenters. The highest BCUT2D eigenvalue weighted by Crippen LogP contribution is 2.27. The molecule has 3 N–H and O–H groups in total. The van der Waals surface area contributed by atoms with Gasteiger partial charge in [-0.2, -0.15) is 5.10 Å². The van der Waals surface area contributed by atoms with Crippen LogP contribution in [0, 0.1) is 0 Å². The lowest BCUT2D eigenvalue weighted by Crippen LogP contribution is -2.03. The summed E-state index contributed by atoms with van der Waals surface area (Å²) < 4.78 is 26.9. The monoisotopic (exact) mass is 481 g/mol. The van der Waals surface area contributed by atoms with Gasteiger partial charge in [0.15, 0.2) is 0 Å². The van der Waals surface area contributed by atoms with E-state index in [-0.39, 0.29) is 0 Å². The Kier molecular flexibility index (Phi) is 5.98. The molecule has 0 bridgehead atoms. The van der Waals surface area contributed by atoms with Gasteiger partial charge in [-0.05, 0) is 60.2 Å². The summed E-state index contributed by atoms with van der Waals surface area (Å²) in [5, 5.41) is 4.82. The highest BCUT2D eigenvalue weighted by molar-refractivity contribution is 9.10. The first kappa shape index (κ1) is 20.3. The van der Waals surface area contributed by atoms with E-state index in [1.807, 2.05) is 65.3 Å². The molecule has 8 heteroatoms. The molecule has 0 aliphatic carbocycles. The molecule has 0 amide bonds. The van der Waals surface area contributed by atoms with Crippen LogP contribution >= 0.6 is 15.9 Å². The third-order valence-electron chi connectivity index (χ3n) is 4.58. The molecule has 30 heavy (non-hydrogen) atoms. The van der Waals surface area contributed by atoms with Gasteiger partial charge in [-0.1, -0.05) is 40.2 Å². The molecule has 1 aromatic heterocycles. The second-order valence-electron chi connectivity index (χ2n) is 6.74. The molecular formula is C22H18BrN4O2S-. The number of nitrogens with one attached hydrogen (secondary N) is 1. The largest absolute Gasteiger partial charge is 0.755 e. The lowest BCUT2D eigenvalue weighted by Gasteiger charge is -2.11. The van der Waals surface area contributed by atoms with E-state index in [4.69, 9.17) is 10.8 Å². The van der Waals surface area contributed by atoms with Crippen molar-refractivity contribution in [2.75, 3.05) is 10.5 Å². The third-order valence-corrected chi connectivity index (χ3v) is 5.51. The molecule has 1 atom stereocenters. The van der Waals surface area contributed by atoms with Gasteiger partial charge in [0, 0.05) is 39.1 Å². The lowest BCUT2D eigenvalue weighted by atomic mass is 10.1. The number of nitrogens with two attached hydrogens (primary N) is 1. The Morgan fingerprint density at radius 3 is 2.30 bits per heavy atom. The number of nitrogen functional groups attached to an aromatic ring is 1. The van der Waals surface area contributed by atoms with Gasteiger partial charge in [0.05, 0.1) is 17.1 Å². The molecule has 152 valence electrons. The van der Waals surface area contributed by atoms with Gasteiger partial charge in [-0.3, -0.25) is 4.21 Å². The fraction of sp³-hybridized carbons (Fsp3) is 0.0455. The summed E-state index contributed by atoms with van der Waals surface area (Å²) in [6.45, 7) is 0. The van der Waals surface area contributed by atoms with Gasteiger partial charge >= 0.3 is 0 Å². The van der Waals surface area contributed by atoms with Crippen LogP contribution < -0.4 is 10.5 Å². The van der Waals surface area contributed by atoms with Gasteiger partial charge in [0.1, 0.15) is 0 Å². The SMILES string of the molecule is Nc1ccc(Cc2cc(-c3ccc(Br)cc3)n(-c3ccc(NS(=O)[O-])cc3)n2)cc1. The zero-order valence-electron chi connectivity index (χ0n) is 15.8. The van der Waals surface area contributed by atoms with Crippen LogP contribution in [0.3, 0.4) is 0 Å². The molecular weight excluding hydrogens is 464 g/mol. The minimum Gasteiger partial charge on any atom is -0.755 e. The molecule has 0 fully saturated rings. The molecule has 0 saturated carbocycles. The van der Waals surface area contributed by atoms with Crippen LogP contribution in [-0.4, -0.2) is 18.5 Å². The summed E-state index contributed by atoms with van der Waals surface area (Å²) in [6.07, 6.45) is 0.672. The fourth-order valence-electron chi connectivity index (χ4n) is 3.15. The Morgan fingerprint density at radius 2 is 1.67 bits per heavy atom. The fourth-order valence-corrected chi connectivity index (χ4v) is 3.74. The van der Waals surface area contributed by atoms with Gasteiger partial charge in [-0.15, -0.1) is 0 Å². The van der Waals surface area contributed by atoms with Crippen LogP contribution in [-0.2, 0) is 17.7 Å². The molecule has 0 aliphatic rings. The minimum absolute atomic E-state index is 0.492. The highest BCUT2D eigenvalue weighted by Gasteiger charge is 2.13. The van der Waals surface area contributed by atoms with E-state index in [1.165, 1.54) is 0 Å². The van der Waals surface area contributed by atoms with E-state index in [9.17, 15) is 8.76 Å². The smallest absolute Gasteiger partial charge is 0.0743 e. The summed E-state index contributed by atoms with van der Waals surface area (Å²) in [7, 11) is 0. The van der Waals surface area contributed by atoms with Crippen LogP contribution in [0.4, 0.5) is 11.4 Å². The summed E-state index contributed by atoms with van der Waals surface area (Å²) >= 11 is 1.11. The average molecular weight is 482 g/mol. The molecule has 0 saturated heterocycles. The predicted octanol–water partition coefficient (Wildman–Crippen LogP) is 4.68. The van der Waals surface area contributed by atoms with Crippen LogP contribution in [0.5, 0.6) is 0 Å². The van der Waals surface area contributed by atoms with E-state index in [0.29, 0.717) is 12.1 Å². The molecule has 4 rings (SSSR count). The van der Waals surface area contributed by atoms with Crippen molar-refractivity contribution in [2.24, 2.45) is 0 Å². The molecule has 1 heterocycles. The molecule has 0 aliphatic heterocycles. The van der Waals surface area contributed by atoms with E-state index < -0.39 is 11.3 Å². The maximum Gasteiger partial charge on any atom is 0.0743 e. The standard InChI is InChI=1S/C22H19BrN4O2S/c23-17-5-3-16(4-6-17)22-14-20(13-15-1-7-18(24)8-2-15)25-27(22)21-11-9-19(10-12-21)26-30(28)29/h1-12,14,26H,13,24H2,(H,28,29)/p-1. The molecule has 0 radical (unpaired) electrons. The van der Waals surface area contributed by atoms with Gasteiger partial charge in [-0.25, -0.2) is 4.68 Å². The molecule has 3 aromatic carbocycles. The Morgan fingerprint density at radius 1 is 1.00 bits per heavy atom. The van der Waals surface area contributed by atoms with Crippen LogP contribution in [0.25, 0.3) is 16.9 Å². The first-order valence-corrected chi connectivity index (χ1v) is 11.0. The number of halogens is 1. The highest BCUT2D eigenvalue weighted by atomic mass is 79.9. The Balaban J connectivity index is 1.73. The van der Waals surface area contributed by atoms with Crippen LogP contribution in [0.2, 0.25) is 0 Å². The lowest BCUT2D eigenvalue weighted by molar-refractivity contribution is 0.542. The van der Waals surface area contributed by atoms with Crippen molar-refractivity contribution in [2.45, 2.75) is 6.42 Å². The number of benzene rings is 3. The zero-order valence-corrected chi connectivity index (χ0v) is 18.2. The number of hydrogen-bond acceptors (Lipinski definition) is 4. The van der Waals surface area contributed by atoms with E-state index in [1.54, 1.807) is 12.1 Å². The first-order chi connectivity index (χ1) is 14.5. The van der Waals surface area contributed by atoms with Crippen molar-refractivity contribution in [3.8, 4) is 16.9 Å². The average Bonchev–Trinajstić information content (AvgIpc) is 3.14. The van der Waals surface area contributed by atoms with Crippen molar-refractivity contribution in [1.29, 1.82) is 0 Å². The zero-order chi connectivity index (χ0) is 21.1. The minimum atomic E-state index is -2.36. The maximum atomic E-state index is 10.8. The predicted molar refractivity (Wildman–Crippen MR) is 123 cm³/mol.